The summed E-state index contributed by atoms with van der Waals surface area (Å²) in [5.41, 5.74) is 3.13. The Bertz CT molecular complexity index is 697. The summed E-state index contributed by atoms with van der Waals surface area (Å²) in [6.45, 7) is 4.31. The number of phenols is 2. The van der Waals surface area contributed by atoms with Gasteiger partial charge in [-0.25, -0.2) is 0 Å². The summed E-state index contributed by atoms with van der Waals surface area (Å²) in [5.74, 6) is 0.184. The van der Waals surface area contributed by atoms with E-state index in [-0.39, 0.29) is 17.3 Å². The van der Waals surface area contributed by atoms with Crippen LogP contribution in [0.3, 0.4) is 0 Å². The molecule has 0 spiro atoms. The number of aryl methyl sites for hydroxylation is 1. The van der Waals surface area contributed by atoms with Crippen molar-refractivity contribution in [3.63, 3.8) is 0 Å². The maximum Gasteiger partial charge on any atom is 0.157 e. The third-order valence-corrected chi connectivity index (χ3v) is 3.77. The van der Waals surface area contributed by atoms with Crippen LogP contribution in [-0.4, -0.2) is 16.0 Å². The number of hydrogen-bond donors (Lipinski definition) is 2. The van der Waals surface area contributed by atoms with Crippen molar-refractivity contribution in [1.29, 1.82) is 0 Å². The zero-order valence-electron chi connectivity index (χ0n) is 13.5. The van der Waals surface area contributed by atoms with E-state index in [1.807, 2.05) is 0 Å². The van der Waals surface area contributed by atoms with E-state index in [4.69, 9.17) is 0 Å². The highest BCUT2D eigenvalue weighted by atomic mass is 16.3. The van der Waals surface area contributed by atoms with Crippen molar-refractivity contribution in [2.75, 3.05) is 0 Å². The molecule has 2 aromatic rings. The highest BCUT2D eigenvalue weighted by Gasteiger charge is 2.02. The molecule has 0 heterocycles. The molecule has 2 rings (SSSR count). The minimum atomic E-state index is -0.190. The lowest BCUT2D eigenvalue weighted by Crippen LogP contribution is -1.96. The fourth-order valence-electron chi connectivity index (χ4n) is 2.25. The fourth-order valence-corrected chi connectivity index (χ4v) is 2.25. The highest BCUT2D eigenvalue weighted by Crippen LogP contribution is 2.25. The molecule has 0 bridgehead atoms. The topological polar surface area (TPSA) is 57.5 Å². The van der Waals surface area contributed by atoms with Crippen molar-refractivity contribution in [3.8, 4) is 11.5 Å². The number of hydrogen-bond acceptors (Lipinski definition) is 3. The van der Waals surface area contributed by atoms with Gasteiger partial charge in [-0.15, -0.1) is 0 Å². The Kier molecular flexibility index (Phi) is 5.58. The van der Waals surface area contributed by atoms with Crippen LogP contribution in [0, 0.1) is 0 Å². The molecular formula is C20H22O3. The minimum Gasteiger partial charge on any atom is -0.504 e. The van der Waals surface area contributed by atoms with E-state index >= 15 is 0 Å². The van der Waals surface area contributed by atoms with Gasteiger partial charge in [-0.3, -0.25) is 4.79 Å². The van der Waals surface area contributed by atoms with E-state index in [0.29, 0.717) is 24.3 Å². The fraction of sp³-hybridized carbons (Fsp3) is 0.250. The van der Waals surface area contributed by atoms with Gasteiger partial charge in [-0.1, -0.05) is 50.3 Å². The molecule has 120 valence electrons. The van der Waals surface area contributed by atoms with E-state index in [9.17, 15) is 15.0 Å². The van der Waals surface area contributed by atoms with Crippen LogP contribution in [0.5, 0.6) is 11.5 Å². The van der Waals surface area contributed by atoms with Gasteiger partial charge in [-0.05, 0) is 47.2 Å². The lowest BCUT2D eigenvalue weighted by atomic mass is 9.99. The van der Waals surface area contributed by atoms with Crippen LogP contribution in [0.25, 0.3) is 6.08 Å². The van der Waals surface area contributed by atoms with E-state index in [1.54, 1.807) is 12.1 Å². The third-order valence-electron chi connectivity index (χ3n) is 3.77. The van der Waals surface area contributed by atoms with Crippen LogP contribution >= 0.6 is 0 Å². The molecule has 0 fully saturated rings. The first-order chi connectivity index (χ1) is 11.0. The summed E-state index contributed by atoms with van der Waals surface area (Å²) in [5, 5.41) is 18.7. The van der Waals surface area contributed by atoms with Crippen LogP contribution in [0.4, 0.5) is 0 Å². The second kappa shape index (κ2) is 7.63. The van der Waals surface area contributed by atoms with Crippen LogP contribution in [0.1, 0.15) is 42.9 Å². The van der Waals surface area contributed by atoms with E-state index in [0.717, 1.165) is 5.56 Å². The number of rotatable bonds is 6. The average Bonchev–Trinajstić information content (AvgIpc) is 2.54. The second-order valence-electron chi connectivity index (χ2n) is 5.94. The lowest BCUT2D eigenvalue weighted by molar-refractivity contribution is -0.114. The summed E-state index contributed by atoms with van der Waals surface area (Å²) >= 11 is 0. The monoisotopic (exact) mass is 310 g/mol. The number of aromatic hydroxyl groups is 2. The van der Waals surface area contributed by atoms with E-state index in [1.165, 1.54) is 23.8 Å². The molecule has 0 aliphatic rings. The van der Waals surface area contributed by atoms with Gasteiger partial charge in [-0.2, -0.15) is 0 Å². The molecule has 23 heavy (non-hydrogen) atoms. The van der Waals surface area contributed by atoms with Gasteiger partial charge in [0.1, 0.15) is 0 Å². The lowest BCUT2D eigenvalue weighted by Gasteiger charge is -2.06. The smallest absolute Gasteiger partial charge is 0.157 e. The Morgan fingerprint density at radius 1 is 1.04 bits per heavy atom. The van der Waals surface area contributed by atoms with Gasteiger partial charge in [0.2, 0.25) is 0 Å². The normalized spacial score (nSPS) is 11.3. The molecule has 0 aliphatic heterocycles. The number of phenolic OH excluding ortho intramolecular Hbond substituents is 2. The third kappa shape index (κ3) is 4.99. The first-order valence-electron chi connectivity index (χ1n) is 7.77. The molecule has 0 saturated carbocycles. The Morgan fingerprint density at radius 3 is 2.35 bits per heavy atom. The molecule has 0 aromatic heterocycles. The van der Waals surface area contributed by atoms with Crippen LogP contribution < -0.4 is 0 Å². The van der Waals surface area contributed by atoms with Gasteiger partial charge < -0.3 is 10.2 Å². The Hall–Kier alpha value is -2.55. The average molecular weight is 310 g/mol. The predicted octanol–water partition coefficient (Wildman–Crippen LogP) is 4.44. The molecular weight excluding hydrogens is 288 g/mol. The van der Waals surface area contributed by atoms with Crippen molar-refractivity contribution in [1.82, 2.24) is 0 Å². The maximum absolute atomic E-state index is 11.9. The summed E-state index contributed by atoms with van der Waals surface area (Å²) in [7, 11) is 0. The number of carbonyl (C=O) groups excluding carboxylic acids is 1. The highest BCUT2D eigenvalue weighted by molar-refractivity contribution is 5.93. The second-order valence-corrected chi connectivity index (χ2v) is 5.94. The molecule has 0 atom stereocenters. The molecule has 3 nitrogen and oxygen atoms in total. The van der Waals surface area contributed by atoms with Gasteiger partial charge in [0.25, 0.3) is 0 Å². The summed E-state index contributed by atoms with van der Waals surface area (Å²) < 4.78 is 0. The SMILES string of the molecule is CC(C)c1ccc(CCC(=O)/C=C/c2ccc(O)c(O)c2)cc1. The Labute approximate surface area is 136 Å². The summed E-state index contributed by atoms with van der Waals surface area (Å²) in [6, 6.07) is 12.8. The van der Waals surface area contributed by atoms with Crippen LogP contribution in [0.2, 0.25) is 0 Å². The molecule has 2 aromatic carbocycles. The largest absolute Gasteiger partial charge is 0.504 e. The number of allylic oxidation sites excluding steroid dienone is 1. The number of ketones is 1. The van der Waals surface area contributed by atoms with E-state index in [2.05, 4.69) is 38.1 Å². The van der Waals surface area contributed by atoms with Crippen molar-refractivity contribution in [2.45, 2.75) is 32.6 Å². The molecule has 0 aliphatic carbocycles. The van der Waals surface area contributed by atoms with Gasteiger partial charge in [0.15, 0.2) is 17.3 Å². The minimum absolute atomic E-state index is 0.0329. The van der Waals surface area contributed by atoms with Crippen molar-refractivity contribution < 1.29 is 15.0 Å². The predicted molar refractivity (Wildman–Crippen MR) is 92.7 cm³/mol. The van der Waals surface area contributed by atoms with E-state index < -0.39 is 0 Å². The van der Waals surface area contributed by atoms with Crippen LogP contribution in [-0.2, 0) is 11.2 Å². The van der Waals surface area contributed by atoms with Crippen molar-refractivity contribution >= 4 is 11.9 Å². The number of benzene rings is 2. The first kappa shape index (κ1) is 16.8. The molecule has 3 heteroatoms. The zero-order valence-corrected chi connectivity index (χ0v) is 13.5. The zero-order chi connectivity index (χ0) is 16.8. The molecule has 0 unspecified atom stereocenters. The standard InChI is InChI=1S/C20H22O3/c1-14(2)17-8-3-15(4-9-17)5-10-18(21)11-6-16-7-12-19(22)20(23)13-16/h3-4,6-9,11-14,22-23H,5,10H2,1-2H3/b11-6+. The number of carbonyl (C=O) groups is 1. The maximum atomic E-state index is 11.9. The molecule has 0 saturated heterocycles. The molecule has 2 N–H and O–H groups in total. The molecule has 0 radical (unpaired) electrons. The Balaban J connectivity index is 1.89. The van der Waals surface area contributed by atoms with Gasteiger partial charge >= 0.3 is 0 Å². The first-order valence-corrected chi connectivity index (χ1v) is 7.77. The van der Waals surface area contributed by atoms with Gasteiger partial charge in [0, 0.05) is 6.42 Å². The Morgan fingerprint density at radius 2 is 1.74 bits per heavy atom. The quantitative estimate of drug-likeness (QED) is 0.612. The van der Waals surface area contributed by atoms with Crippen LogP contribution in [0.15, 0.2) is 48.5 Å². The van der Waals surface area contributed by atoms with Gasteiger partial charge in [0.05, 0.1) is 0 Å². The van der Waals surface area contributed by atoms with Crippen molar-refractivity contribution in [2.24, 2.45) is 0 Å². The van der Waals surface area contributed by atoms with Crippen molar-refractivity contribution in [3.05, 3.63) is 65.2 Å². The summed E-state index contributed by atoms with van der Waals surface area (Å²) in [4.78, 5) is 11.9. The molecule has 0 amide bonds. The summed E-state index contributed by atoms with van der Waals surface area (Å²) in [6.07, 6.45) is 4.31.